The van der Waals surface area contributed by atoms with E-state index in [1.54, 1.807) is 0 Å². The molecule has 11 heavy (non-hydrogen) atoms. The SMILES string of the molecule is C#CC(C)(C)NC1CC(C)C1. The van der Waals surface area contributed by atoms with Gasteiger partial charge in [0.25, 0.3) is 0 Å². The van der Waals surface area contributed by atoms with Crippen molar-refractivity contribution in [1.82, 2.24) is 5.32 Å². The first-order chi connectivity index (χ1) is 5.03. The normalized spacial score (nSPS) is 30.7. The van der Waals surface area contributed by atoms with Crippen LogP contribution in [-0.2, 0) is 0 Å². The van der Waals surface area contributed by atoms with Crippen LogP contribution in [0.1, 0.15) is 33.6 Å². The van der Waals surface area contributed by atoms with Crippen molar-refractivity contribution in [3.05, 3.63) is 0 Å². The molecule has 1 heteroatoms. The summed E-state index contributed by atoms with van der Waals surface area (Å²) in [6.07, 6.45) is 7.92. The van der Waals surface area contributed by atoms with E-state index in [1.165, 1.54) is 12.8 Å². The molecule has 0 heterocycles. The molecule has 1 aliphatic carbocycles. The highest BCUT2D eigenvalue weighted by atomic mass is 15.0. The molecule has 0 unspecified atom stereocenters. The molecule has 0 atom stereocenters. The number of hydrogen-bond donors (Lipinski definition) is 1. The van der Waals surface area contributed by atoms with Crippen molar-refractivity contribution < 1.29 is 0 Å². The summed E-state index contributed by atoms with van der Waals surface area (Å²) in [4.78, 5) is 0. The Balaban J connectivity index is 2.28. The van der Waals surface area contributed by atoms with Crippen LogP contribution in [0.2, 0.25) is 0 Å². The van der Waals surface area contributed by atoms with E-state index in [1.807, 2.05) is 0 Å². The largest absolute Gasteiger partial charge is 0.299 e. The van der Waals surface area contributed by atoms with Crippen molar-refractivity contribution in [1.29, 1.82) is 0 Å². The Morgan fingerprint density at radius 1 is 1.45 bits per heavy atom. The van der Waals surface area contributed by atoms with Crippen molar-refractivity contribution in [3.8, 4) is 12.3 Å². The zero-order valence-corrected chi connectivity index (χ0v) is 7.65. The average Bonchev–Trinajstić information content (AvgIpc) is 1.84. The molecule has 0 radical (unpaired) electrons. The predicted octanol–water partition coefficient (Wildman–Crippen LogP) is 1.79. The van der Waals surface area contributed by atoms with Gasteiger partial charge < -0.3 is 0 Å². The molecule has 0 aromatic carbocycles. The molecule has 0 aromatic rings. The van der Waals surface area contributed by atoms with E-state index in [0.29, 0.717) is 6.04 Å². The first kappa shape index (κ1) is 8.62. The van der Waals surface area contributed by atoms with Gasteiger partial charge in [-0.3, -0.25) is 5.32 Å². The van der Waals surface area contributed by atoms with E-state index in [2.05, 4.69) is 32.0 Å². The van der Waals surface area contributed by atoms with Crippen molar-refractivity contribution >= 4 is 0 Å². The van der Waals surface area contributed by atoms with Gasteiger partial charge in [-0.05, 0) is 32.6 Å². The zero-order valence-electron chi connectivity index (χ0n) is 7.65. The summed E-state index contributed by atoms with van der Waals surface area (Å²) in [6.45, 7) is 6.38. The minimum atomic E-state index is -0.120. The Kier molecular flexibility index (Phi) is 2.25. The second-order valence-corrected chi connectivity index (χ2v) is 4.19. The molecule has 0 saturated heterocycles. The number of nitrogens with one attached hydrogen (secondary N) is 1. The van der Waals surface area contributed by atoms with Crippen LogP contribution in [0.15, 0.2) is 0 Å². The lowest BCUT2D eigenvalue weighted by Crippen LogP contribution is -2.50. The lowest BCUT2D eigenvalue weighted by atomic mass is 9.80. The molecular weight excluding hydrogens is 134 g/mol. The summed E-state index contributed by atoms with van der Waals surface area (Å²) < 4.78 is 0. The van der Waals surface area contributed by atoms with Gasteiger partial charge in [-0.2, -0.15) is 0 Å². The topological polar surface area (TPSA) is 12.0 Å². The lowest BCUT2D eigenvalue weighted by Gasteiger charge is -2.38. The highest BCUT2D eigenvalue weighted by Gasteiger charge is 2.29. The monoisotopic (exact) mass is 151 g/mol. The van der Waals surface area contributed by atoms with Gasteiger partial charge in [0.2, 0.25) is 0 Å². The molecule has 0 amide bonds. The second-order valence-electron chi connectivity index (χ2n) is 4.19. The fraction of sp³-hybridized carbons (Fsp3) is 0.800. The standard InChI is InChI=1S/C10H17N/c1-5-10(3,4)11-9-6-8(2)7-9/h1,8-9,11H,6-7H2,2-4H3. The van der Waals surface area contributed by atoms with Crippen molar-refractivity contribution in [2.45, 2.75) is 45.2 Å². The average molecular weight is 151 g/mol. The molecule has 0 aromatic heterocycles. The first-order valence-electron chi connectivity index (χ1n) is 4.29. The molecule has 1 N–H and O–H groups in total. The van der Waals surface area contributed by atoms with Gasteiger partial charge >= 0.3 is 0 Å². The highest BCUT2D eigenvalue weighted by molar-refractivity contribution is 5.09. The Hall–Kier alpha value is -0.480. The maximum Gasteiger partial charge on any atom is 0.0743 e. The van der Waals surface area contributed by atoms with E-state index in [4.69, 9.17) is 6.42 Å². The van der Waals surface area contributed by atoms with E-state index in [-0.39, 0.29) is 5.54 Å². The van der Waals surface area contributed by atoms with Crippen molar-refractivity contribution in [3.63, 3.8) is 0 Å². The maximum atomic E-state index is 5.36. The number of rotatable bonds is 2. The molecule has 1 aliphatic rings. The molecule has 62 valence electrons. The molecule has 1 saturated carbocycles. The smallest absolute Gasteiger partial charge is 0.0743 e. The lowest BCUT2D eigenvalue weighted by molar-refractivity contribution is 0.213. The van der Waals surface area contributed by atoms with Crippen LogP contribution in [0.4, 0.5) is 0 Å². The van der Waals surface area contributed by atoms with E-state index in [0.717, 1.165) is 5.92 Å². The fourth-order valence-corrected chi connectivity index (χ4v) is 1.57. The van der Waals surface area contributed by atoms with E-state index < -0.39 is 0 Å². The Morgan fingerprint density at radius 2 is 2.00 bits per heavy atom. The van der Waals surface area contributed by atoms with Crippen LogP contribution in [0.3, 0.4) is 0 Å². The van der Waals surface area contributed by atoms with Gasteiger partial charge in [0, 0.05) is 6.04 Å². The van der Waals surface area contributed by atoms with Gasteiger partial charge in [0.05, 0.1) is 5.54 Å². The molecular formula is C10H17N. The van der Waals surface area contributed by atoms with Crippen LogP contribution in [-0.4, -0.2) is 11.6 Å². The molecule has 1 fully saturated rings. The minimum Gasteiger partial charge on any atom is -0.299 e. The number of hydrogen-bond acceptors (Lipinski definition) is 1. The van der Waals surface area contributed by atoms with Crippen LogP contribution in [0.25, 0.3) is 0 Å². The van der Waals surface area contributed by atoms with Crippen LogP contribution >= 0.6 is 0 Å². The third kappa shape index (κ3) is 2.24. The predicted molar refractivity (Wildman–Crippen MR) is 48.2 cm³/mol. The van der Waals surface area contributed by atoms with Crippen LogP contribution < -0.4 is 5.32 Å². The number of terminal acetylenes is 1. The Morgan fingerprint density at radius 3 is 2.36 bits per heavy atom. The van der Waals surface area contributed by atoms with Crippen LogP contribution in [0, 0.1) is 18.3 Å². The summed E-state index contributed by atoms with van der Waals surface area (Å²) in [7, 11) is 0. The highest BCUT2D eigenvalue weighted by Crippen LogP contribution is 2.27. The quantitative estimate of drug-likeness (QED) is 0.593. The molecule has 0 bridgehead atoms. The molecule has 1 rings (SSSR count). The van der Waals surface area contributed by atoms with E-state index >= 15 is 0 Å². The van der Waals surface area contributed by atoms with Crippen molar-refractivity contribution in [2.75, 3.05) is 0 Å². The maximum absolute atomic E-state index is 5.36. The summed E-state index contributed by atoms with van der Waals surface area (Å²) in [5, 5.41) is 3.44. The van der Waals surface area contributed by atoms with Crippen LogP contribution in [0.5, 0.6) is 0 Å². The Labute approximate surface area is 69.6 Å². The van der Waals surface area contributed by atoms with Crippen molar-refractivity contribution in [2.24, 2.45) is 5.92 Å². The van der Waals surface area contributed by atoms with Gasteiger partial charge in [-0.15, -0.1) is 6.42 Å². The third-order valence-corrected chi connectivity index (χ3v) is 2.30. The summed E-state index contributed by atoms with van der Waals surface area (Å²) in [5.41, 5.74) is -0.120. The molecule has 1 nitrogen and oxygen atoms in total. The fourth-order valence-electron chi connectivity index (χ4n) is 1.57. The second kappa shape index (κ2) is 2.87. The van der Waals surface area contributed by atoms with Gasteiger partial charge in [0.1, 0.15) is 0 Å². The summed E-state index contributed by atoms with van der Waals surface area (Å²) in [5.74, 6) is 3.63. The van der Waals surface area contributed by atoms with E-state index in [9.17, 15) is 0 Å². The zero-order chi connectivity index (χ0) is 8.48. The van der Waals surface area contributed by atoms with Gasteiger partial charge in [0.15, 0.2) is 0 Å². The minimum absolute atomic E-state index is 0.120. The molecule has 0 aliphatic heterocycles. The third-order valence-electron chi connectivity index (χ3n) is 2.30. The van der Waals surface area contributed by atoms with Gasteiger partial charge in [-0.1, -0.05) is 12.8 Å². The first-order valence-corrected chi connectivity index (χ1v) is 4.29. The summed E-state index contributed by atoms with van der Waals surface area (Å²) in [6, 6.07) is 0.663. The summed E-state index contributed by atoms with van der Waals surface area (Å²) >= 11 is 0. The van der Waals surface area contributed by atoms with Gasteiger partial charge in [-0.25, -0.2) is 0 Å². The molecule has 0 spiro atoms. The Bertz CT molecular complexity index is 170.